The summed E-state index contributed by atoms with van der Waals surface area (Å²) in [7, 11) is 0. The van der Waals surface area contributed by atoms with E-state index in [9.17, 15) is 14.4 Å². The zero-order chi connectivity index (χ0) is 27.2. The zero-order valence-corrected chi connectivity index (χ0v) is 21.6. The van der Waals surface area contributed by atoms with Crippen molar-refractivity contribution in [2.75, 3.05) is 11.9 Å². The Kier molecular flexibility index (Phi) is 8.38. The van der Waals surface area contributed by atoms with Crippen LogP contribution in [0.2, 0.25) is 0 Å². The maximum Gasteiger partial charge on any atom is 0.407 e. The number of carbonyl (C=O) groups excluding carboxylic acids is 3. The number of aliphatic hydroxyl groups is 1. The maximum atomic E-state index is 13.0. The number of ether oxygens (including phenoxy) is 1. The van der Waals surface area contributed by atoms with Gasteiger partial charge in [-0.3, -0.25) is 14.6 Å². The minimum absolute atomic E-state index is 0.0934. The van der Waals surface area contributed by atoms with Crippen molar-refractivity contribution in [3.63, 3.8) is 0 Å². The SMILES string of the molecule is CC(C)[C@H](NC(=O)OCC1c2ccccc2-c2ccccc21)C(=O)N[C@@H](C)C(=O)Nc1ccc(CO)nc1. The molecule has 4 rings (SSSR count). The van der Waals surface area contributed by atoms with Crippen molar-refractivity contribution in [3.05, 3.63) is 83.7 Å². The smallest absolute Gasteiger partial charge is 0.407 e. The first-order valence-electron chi connectivity index (χ1n) is 12.6. The highest BCUT2D eigenvalue weighted by Crippen LogP contribution is 2.44. The third-order valence-corrected chi connectivity index (χ3v) is 6.57. The van der Waals surface area contributed by atoms with Crippen molar-refractivity contribution >= 4 is 23.6 Å². The summed E-state index contributed by atoms with van der Waals surface area (Å²) in [6.45, 7) is 5.08. The molecule has 4 N–H and O–H groups in total. The Morgan fingerprint density at radius 3 is 2.08 bits per heavy atom. The summed E-state index contributed by atoms with van der Waals surface area (Å²) in [5, 5.41) is 17.1. The molecule has 198 valence electrons. The fourth-order valence-electron chi connectivity index (χ4n) is 4.51. The van der Waals surface area contributed by atoms with Crippen LogP contribution in [0, 0.1) is 5.92 Å². The highest BCUT2D eigenvalue weighted by atomic mass is 16.5. The Balaban J connectivity index is 1.33. The molecule has 0 bridgehead atoms. The fourth-order valence-corrected chi connectivity index (χ4v) is 4.51. The molecule has 9 heteroatoms. The van der Waals surface area contributed by atoms with Crippen molar-refractivity contribution in [1.29, 1.82) is 0 Å². The standard InChI is InChI=1S/C29H32N4O5/c1-17(2)26(28(36)31-18(3)27(35)32-19-12-13-20(15-34)30-14-19)33-29(37)38-16-25-23-10-6-4-8-21(23)22-9-5-7-11-24(22)25/h4-14,17-18,25-26,34H,15-16H2,1-3H3,(H,31,36)(H,32,35)(H,33,37)/t18-,26-/m0/s1. The van der Waals surface area contributed by atoms with Crippen LogP contribution in [-0.4, -0.2) is 46.7 Å². The molecule has 0 saturated heterocycles. The summed E-state index contributed by atoms with van der Waals surface area (Å²) >= 11 is 0. The average Bonchev–Trinajstić information content (AvgIpc) is 3.24. The lowest BCUT2D eigenvalue weighted by Crippen LogP contribution is -2.53. The maximum absolute atomic E-state index is 13.0. The van der Waals surface area contributed by atoms with Crippen LogP contribution in [0.25, 0.3) is 11.1 Å². The number of aliphatic hydroxyl groups excluding tert-OH is 1. The largest absolute Gasteiger partial charge is 0.449 e. The van der Waals surface area contributed by atoms with Crippen LogP contribution in [0.4, 0.5) is 10.5 Å². The Hall–Kier alpha value is -4.24. The lowest BCUT2D eigenvalue weighted by Gasteiger charge is -2.24. The topological polar surface area (TPSA) is 130 Å². The van der Waals surface area contributed by atoms with Gasteiger partial charge in [0.1, 0.15) is 18.7 Å². The van der Waals surface area contributed by atoms with Crippen molar-refractivity contribution < 1.29 is 24.2 Å². The first-order chi connectivity index (χ1) is 18.3. The van der Waals surface area contributed by atoms with Crippen LogP contribution < -0.4 is 16.0 Å². The molecular formula is C29H32N4O5. The second kappa shape index (κ2) is 11.9. The van der Waals surface area contributed by atoms with Crippen LogP contribution in [0.5, 0.6) is 0 Å². The highest BCUT2D eigenvalue weighted by Gasteiger charge is 2.31. The molecule has 3 amide bonds. The van der Waals surface area contributed by atoms with E-state index in [0.717, 1.165) is 22.3 Å². The van der Waals surface area contributed by atoms with Crippen LogP contribution in [0.3, 0.4) is 0 Å². The fraction of sp³-hybridized carbons (Fsp3) is 0.310. The molecule has 1 aromatic heterocycles. The Morgan fingerprint density at radius 2 is 1.53 bits per heavy atom. The molecule has 0 fully saturated rings. The zero-order valence-electron chi connectivity index (χ0n) is 21.6. The molecule has 0 aliphatic heterocycles. The van der Waals surface area contributed by atoms with Crippen molar-refractivity contribution in [1.82, 2.24) is 15.6 Å². The van der Waals surface area contributed by atoms with Gasteiger partial charge >= 0.3 is 6.09 Å². The number of anilines is 1. The molecule has 0 unspecified atom stereocenters. The summed E-state index contributed by atoms with van der Waals surface area (Å²) in [6, 6.07) is 17.5. The van der Waals surface area contributed by atoms with Crippen molar-refractivity contribution in [2.45, 2.75) is 45.4 Å². The van der Waals surface area contributed by atoms with Crippen LogP contribution in [-0.2, 0) is 20.9 Å². The quantitative estimate of drug-likeness (QED) is 0.344. The van der Waals surface area contributed by atoms with E-state index >= 15 is 0 Å². The van der Waals surface area contributed by atoms with Crippen molar-refractivity contribution in [2.24, 2.45) is 5.92 Å². The van der Waals surface area contributed by atoms with Crippen LogP contribution >= 0.6 is 0 Å². The van der Waals surface area contributed by atoms with Gasteiger partial charge < -0.3 is 25.8 Å². The van der Waals surface area contributed by atoms with E-state index < -0.39 is 30.0 Å². The number of nitrogens with one attached hydrogen (secondary N) is 3. The Morgan fingerprint density at radius 1 is 0.895 bits per heavy atom. The van der Waals surface area contributed by atoms with Gasteiger partial charge in [-0.15, -0.1) is 0 Å². The summed E-state index contributed by atoms with van der Waals surface area (Å²) in [5.74, 6) is -1.28. The number of nitrogens with zero attached hydrogens (tertiary/aromatic N) is 1. The molecule has 9 nitrogen and oxygen atoms in total. The molecule has 2 atom stereocenters. The number of rotatable bonds is 9. The molecule has 3 aromatic rings. The highest BCUT2D eigenvalue weighted by molar-refractivity contribution is 5.98. The molecule has 0 saturated carbocycles. The first-order valence-corrected chi connectivity index (χ1v) is 12.6. The summed E-state index contributed by atoms with van der Waals surface area (Å²) in [6.07, 6.45) is 0.723. The molecule has 38 heavy (non-hydrogen) atoms. The van der Waals surface area contributed by atoms with E-state index in [0.29, 0.717) is 11.4 Å². The van der Waals surface area contributed by atoms with Crippen LogP contribution in [0.1, 0.15) is 43.5 Å². The summed E-state index contributed by atoms with van der Waals surface area (Å²) in [4.78, 5) is 42.3. The van der Waals surface area contributed by atoms with Gasteiger partial charge in [-0.25, -0.2) is 4.79 Å². The molecule has 1 heterocycles. The lowest BCUT2D eigenvalue weighted by atomic mass is 9.98. The number of hydrogen-bond acceptors (Lipinski definition) is 6. The van der Waals surface area contributed by atoms with Crippen LogP contribution in [0.15, 0.2) is 66.9 Å². The Bertz CT molecular complexity index is 1260. The molecule has 1 aliphatic rings. The normalized spacial score (nSPS) is 13.7. The lowest BCUT2D eigenvalue weighted by molar-refractivity contribution is -0.128. The minimum Gasteiger partial charge on any atom is -0.449 e. The van der Waals surface area contributed by atoms with Gasteiger partial charge in [0.15, 0.2) is 0 Å². The summed E-state index contributed by atoms with van der Waals surface area (Å²) < 4.78 is 5.59. The predicted octanol–water partition coefficient (Wildman–Crippen LogP) is 3.58. The number of carbonyl (C=O) groups is 3. The second-order valence-electron chi connectivity index (χ2n) is 9.61. The van der Waals surface area contributed by atoms with E-state index in [1.54, 1.807) is 32.9 Å². The van der Waals surface area contributed by atoms with E-state index in [1.807, 2.05) is 36.4 Å². The summed E-state index contributed by atoms with van der Waals surface area (Å²) in [5.41, 5.74) is 5.36. The monoisotopic (exact) mass is 516 g/mol. The number of aromatic nitrogens is 1. The van der Waals surface area contributed by atoms with Gasteiger partial charge in [0.25, 0.3) is 0 Å². The van der Waals surface area contributed by atoms with Crippen molar-refractivity contribution in [3.8, 4) is 11.1 Å². The van der Waals surface area contributed by atoms with Gasteiger partial charge in [0.2, 0.25) is 11.8 Å². The van der Waals surface area contributed by atoms with Gasteiger partial charge in [-0.1, -0.05) is 62.4 Å². The number of benzene rings is 2. The molecule has 2 aromatic carbocycles. The number of hydrogen-bond donors (Lipinski definition) is 4. The minimum atomic E-state index is -0.897. The molecular weight excluding hydrogens is 484 g/mol. The van der Waals surface area contributed by atoms with Gasteiger partial charge in [0.05, 0.1) is 24.2 Å². The first kappa shape index (κ1) is 26.8. The second-order valence-corrected chi connectivity index (χ2v) is 9.61. The third kappa shape index (κ3) is 6.00. The molecule has 1 aliphatic carbocycles. The Labute approximate surface area is 221 Å². The molecule has 0 radical (unpaired) electrons. The molecule has 0 spiro atoms. The number of amides is 3. The third-order valence-electron chi connectivity index (χ3n) is 6.57. The van der Waals surface area contributed by atoms with E-state index in [1.165, 1.54) is 6.20 Å². The number of pyridine rings is 1. The van der Waals surface area contributed by atoms with Gasteiger partial charge in [-0.05, 0) is 47.2 Å². The van der Waals surface area contributed by atoms with E-state index in [2.05, 4.69) is 33.1 Å². The van der Waals surface area contributed by atoms with E-state index in [-0.39, 0.29) is 25.0 Å². The predicted molar refractivity (Wildman–Crippen MR) is 143 cm³/mol. The average molecular weight is 517 g/mol. The van der Waals surface area contributed by atoms with E-state index in [4.69, 9.17) is 9.84 Å². The van der Waals surface area contributed by atoms with Gasteiger partial charge in [0, 0.05) is 5.92 Å². The number of fused-ring (bicyclic) bond motifs is 3. The number of alkyl carbamates (subject to hydrolysis) is 1. The van der Waals surface area contributed by atoms with Gasteiger partial charge in [-0.2, -0.15) is 0 Å².